The van der Waals surface area contributed by atoms with Gasteiger partial charge in [-0.25, -0.2) is 0 Å². The predicted octanol–water partition coefficient (Wildman–Crippen LogP) is 2.25. The van der Waals surface area contributed by atoms with Gasteiger partial charge >= 0.3 is 0 Å². The van der Waals surface area contributed by atoms with E-state index in [0.29, 0.717) is 12.5 Å². The van der Waals surface area contributed by atoms with Crippen LogP contribution < -0.4 is 11.1 Å². The molecule has 1 amide bonds. The van der Waals surface area contributed by atoms with Crippen LogP contribution in [-0.4, -0.2) is 18.5 Å². The molecule has 1 aliphatic rings. The second kappa shape index (κ2) is 5.85. The van der Waals surface area contributed by atoms with Gasteiger partial charge in [0, 0.05) is 17.5 Å². The third-order valence-electron chi connectivity index (χ3n) is 3.15. The molecule has 3 nitrogen and oxygen atoms in total. The van der Waals surface area contributed by atoms with Gasteiger partial charge in [-0.1, -0.05) is 0 Å². The maximum atomic E-state index is 12.0. The van der Waals surface area contributed by atoms with Gasteiger partial charge < -0.3 is 11.1 Å². The van der Waals surface area contributed by atoms with Crippen LogP contribution >= 0.6 is 23.7 Å². The molecule has 0 bridgehead atoms. The van der Waals surface area contributed by atoms with Gasteiger partial charge in [0.15, 0.2) is 0 Å². The third-order valence-corrected chi connectivity index (χ3v) is 4.30. The largest absolute Gasteiger partial charge is 0.347 e. The molecule has 1 saturated carbocycles. The summed E-state index contributed by atoms with van der Waals surface area (Å²) in [5.74, 6) is 0.639. The molecule has 0 aromatic carbocycles. The number of carbonyl (C=O) groups excluding carboxylic acids is 1. The quantitative estimate of drug-likeness (QED) is 0.885. The van der Waals surface area contributed by atoms with Crippen LogP contribution in [0.3, 0.4) is 0 Å². The van der Waals surface area contributed by atoms with Crippen molar-refractivity contribution >= 4 is 29.7 Å². The molecule has 1 unspecified atom stereocenters. The maximum Gasteiger partial charge on any atom is 0.261 e. The monoisotopic (exact) mass is 274 g/mol. The Bertz CT molecular complexity index is 382. The summed E-state index contributed by atoms with van der Waals surface area (Å²) in [6.45, 7) is 4.61. The number of carbonyl (C=O) groups is 1. The van der Waals surface area contributed by atoms with Gasteiger partial charge in [0.25, 0.3) is 5.91 Å². The predicted molar refractivity (Wildman–Crippen MR) is 74.1 cm³/mol. The van der Waals surface area contributed by atoms with E-state index in [1.54, 1.807) is 11.3 Å². The Kier molecular flexibility index (Phi) is 4.98. The fourth-order valence-electron chi connectivity index (χ4n) is 1.79. The topological polar surface area (TPSA) is 55.1 Å². The minimum absolute atomic E-state index is 0. The summed E-state index contributed by atoms with van der Waals surface area (Å²) in [5, 5.41) is 3.03. The summed E-state index contributed by atoms with van der Waals surface area (Å²) >= 11 is 1.55. The van der Waals surface area contributed by atoms with Crippen LogP contribution in [-0.2, 0) is 0 Å². The van der Waals surface area contributed by atoms with Crippen LogP contribution in [0.1, 0.15) is 33.0 Å². The number of hydrogen-bond acceptors (Lipinski definition) is 3. The second-order valence-corrected chi connectivity index (χ2v) is 5.76. The molecule has 1 aromatic rings. The van der Waals surface area contributed by atoms with Gasteiger partial charge in [0.1, 0.15) is 0 Å². The molecule has 3 N–H and O–H groups in total. The first-order chi connectivity index (χ1) is 7.61. The van der Waals surface area contributed by atoms with Crippen LogP contribution in [0, 0.1) is 19.8 Å². The molecule has 1 aromatic heterocycles. The zero-order valence-electron chi connectivity index (χ0n) is 10.2. The Morgan fingerprint density at radius 1 is 1.59 bits per heavy atom. The second-order valence-electron chi connectivity index (χ2n) is 4.50. The van der Waals surface area contributed by atoms with E-state index in [4.69, 9.17) is 5.73 Å². The number of thiophene rings is 1. The van der Waals surface area contributed by atoms with Gasteiger partial charge in [-0.05, 0) is 44.2 Å². The standard InChI is InChI=1S/C12H18N2OS.ClH/c1-7-5-11(16-8(7)2)12(15)14-10(6-13)9-3-4-9;/h5,9-10H,3-4,6,13H2,1-2H3,(H,14,15);1H. The average molecular weight is 275 g/mol. The SMILES string of the molecule is Cc1cc(C(=O)NC(CN)C2CC2)sc1C.Cl. The number of nitrogens with one attached hydrogen (secondary N) is 1. The Morgan fingerprint density at radius 2 is 2.24 bits per heavy atom. The summed E-state index contributed by atoms with van der Waals surface area (Å²) in [5.41, 5.74) is 6.85. The van der Waals surface area contributed by atoms with E-state index in [2.05, 4.69) is 5.32 Å². The highest BCUT2D eigenvalue weighted by Crippen LogP contribution is 2.32. The third kappa shape index (κ3) is 3.44. The maximum absolute atomic E-state index is 12.0. The Balaban J connectivity index is 0.00000144. The molecule has 5 heteroatoms. The molecule has 0 spiro atoms. The fraction of sp³-hybridized carbons (Fsp3) is 0.583. The lowest BCUT2D eigenvalue weighted by molar-refractivity contribution is 0.0937. The number of amides is 1. The van der Waals surface area contributed by atoms with Crippen molar-refractivity contribution in [3.05, 3.63) is 21.4 Å². The highest BCUT2D eigenvalue weighted by Gasteiger charge is 2.31. The first-order valence-electron chi connectivity index (χ1n) is 5.69. The molecular weight excluding hydrogens is 256 g/mol. The highest BCUT2D eigenvalue weighted by molar-refractivity contribution is 7.14. The Labute approximate surface area is 112 Å². The van der Waals surface area contributed by atoms with Gasteiger partial charge in [0.05, 0.1) is 4.88 Å². The van der Waals surface area contributed by atoms with Gasteiger partial charge in [0.2, 0.25) is 0 Å². The van der Waals surface area contributed by atoms with E-state index in [0.717, 1.165) is 4.88 Å². The molecule has 1 fully saturated rings. The molecular formula is C12H19ClN2OS. The first-order valence-corrected chi connectivity index (χ1v) is 6.51. The van der Waals surface area contributed by atoms with Crippen molar-refractivity contribution in [2.75, 3.05) is 6.54 Å². The number of hydrogen-bond donors (Lipinski definition) is 2. The van der Waals surface area contributed by atoms with Crippen molar-refractivity contribution in [3.8, 4) is 0 Å². The summed E-state index contributed by atoms with van der Waals surface area (Å²) in [4.78, 5) is 14.0. The van der Waals surface area contributed by atoms with E-state index in [9.17, 15) is 4.79 Å². The molecule has 17 heavy (non-hydrogen) atoms. The molecule has 0 radical (unpaired) electrons. The molecule has 2 rings (SSSR count). The highest BCUT2D eigenvalue weighted by atomic mass is 35.5. The van der Waals surface area contributed by atoms with Gasteiger partial charge in [-0.2, -0.15) is 0 Å². The van der Waals surface area contributed by atoms with Crippen molar-refractivity contribution in [2.24, 2.45) is 11.7 Å². The minimum Gasteiger partial charge on any atom is -0.347 e. The lowest BCUT2D eigenvalue weighted by Gasteiger charge is -2.14. The van der Waals surface area contributed by atoms with Crippen LogP contribution in [0.15, 0.2) is 6.07 Å². The Morgan fingerprint density at radius 3 is 2.65 bits per heavy atom. The Hall–Kier alpha value is -0.580. The van der Waals surface area contributed by atoms with Crippen molar-refractivity contribution < 1.29 is 4.79 Å². The van der Waals surface area contributed by atoms with Gasteiger partial charge in [-0.3, -0.25) is 4.79 Å². The molecule has 0 saturated heterocycles. The normalized spacial score (nSPS) is 16.2. The number of halogens is 1. The van der Waals surface area contributed by atoms with Crippen molar-refractivity contribution in [3.63, 3.8) is 0 Å². The van der Waals surface area contributed by atoms with E-state index in [1.165, 1.54) is 23.3 Å². The molecule has 1 heterocycles. The van der Waals surface area contributed by atoms with Crippen molar-refractivity contribution in [1.82, 2.24) is 5.32 Å². The lowest BCUT2D eigenvalue weighted by atomic mass is 10.2. The fourth-order valence-corrected chi connectivity index (χ4v) is 2.73. The number of aryl methyl sites for hydroxylation is 2. The zero-order chi connectivity index (χ0) is 11.7. The summed E-state index contributed by atoms with van der Waals surface area (Å²) in [7, 11) is 0. The van der Waals surface area contributed by atoms with Crippen molar-refractivity contribution in [1.29, 1.82) is 0 Å². The summed E-state index contributed by atoms with van der Waals surface area (Å²) in [6, 6.07) is 2.12. The molecule has 1 aliphatic carbocycles. The van der Waals surface area contributed by atoms with E-state index < -0.39 is 0 Å². The van der Waals surface area contributed by atoms with Crippen LogP contribution in [0.5, 0.6) is 0 Å². The average Bonchev–Trinajstić information content (AvgIpc) is 3.03. The van der Waals surface area contributed by atoms with Crippen LogP contribution in [0.4, 0.5) is 0 Å². The zero-order valence-corrected chi connectivity index (χ0v) is 11.8. The first kappa shape index (κ1) is 14.5. The van der Waals surface area contributed by atoms with E-state index in [-0.39, 0.29) is 24.4 Å². The number of rotatable bonds is 4. The minimum atomic E-state index is 0. The van der Waals surface area contributed by atoms with Crippen LogP contribution in [0.25, 0.3) is 0 Å². The molecule has 0 aliphatic heterocycles. The molecule has 96 valence electrons. The molecule has 1 atom stereocenters. The summed E-state index contributed by atoms with van der Waals surface area (Å²) < 4.78 is 0. The number of nitrogens with two attached hydrogens (primary N) is 1. The van der Waals surface area contributed by atoms with E-state index >= 15 is 0 Å². The van der Waals surface area contributed by atoms with Crippen LogP contribution in [0.2, 0.25) is 0 Å². The van der Waals surface area contributed by atoms with Gasteiger partial charge in [-0.15, -0.1) is 23.7 Å². The van der Waals surface area contributed by atoms with E-state index in [1.807, 2.05) is 19.9 Å². The van der Waals surface area contributed by atoms with Crippen molar-refractivity contribution in [2.45, 2.75) is 32.7 Å². The summed E-state index contributed by atoms with van der Waals surface area (Å²) in [6.07, 6.45) is 2.40. The smallest absolute Gasteiger partial charge is 0.261 e. The lowest BCUT2D eigenvalue weighted by Crippen LogP contribution is -2.41.